The minimum absolute atomic E-state index is 0.150. The number of halogens is 3. The summed E-state index contributed by atoms with van der Waals surface area (Å²) in [5.74, 6) is -3.08. The number of nitrogens with one attached hydrogen (secondary N) is 1. The van der Waals surface area contributed by atoms with Crippen molar-refractivity contribution in [1.82, 2.24) is 5.32 Å². The van der Waals surface area contributed by atoms with E-state index in [1.54, 1.807) is 0 Å². The average Bonchev–Trinajstić information content (AvgIpc) is 2.35. The standard InChI is InChI=1S/C11H10F3NO3/c1-18-11(17)8(15-10(16)9(13)14)6-2-4-7(12)5-3-6/h2-5,8-9H,1H3,(H,15,16)/t8-/m1/s1. The van der Waals surface area contributed by atoms with Gasteiger partial charge >= 0.3 is 12.4 Å². The van der Waals surface area contributed by atoms with Crippen LogP contribution in [0.2, 0.25) is 0 Å². The third kappa shape index (κ3) is 3.47. The highest BCUT2D eigenvalue weighted by Crippen LogP contribution is 2.15. The van der Waals surface area contributed by atoms with E-state index in [0.717, 1.165) is 19.2 Å². The third-order valence-corrected chi connectivity index (χ3v) is 2.13. The SMILES string of the molecule is COC(=O)[C@H](NC(=O)C(F)F)c1ccc(F)cc1. The van der Waals surface area contributed by atoms with Crippen molar-refractivity contribution < 1.29 is 27.5 Å². The summed E-state index contributed by atoms with van der Waals surface area (Å²) in [6, 6.07) is 3.09. The molecular formula is C11H10F3NO3. The van der Waals surface area contributed by atoms with Crippen LogP contribution >= 0.6 is 0 Å². The number of benzene rings is 1. The van der Waals surface area contributed by atoms with E-state index in [0.29, 0.717) is 0 Å². The predicted octanol–water partition coefficient (Wildman–Crippen LogP) is 1.42. The Morgan fingerprint density at radius 3 is 2.22 bits per heavy atom. The molecule has 0 saturated heterocycles. The van der Waals surface area contributed by atoms with Crippen molar-refractivity contribution >= 4 is 11.9 Å². The Labute approximate surface area is 101 Å². The zero-order valence-electron chi connectivity index (χ0n) is 9.32. The van der Waals surface area contributed by atoms with E-state index in [4.69, 9.17) is 0 Å². The van der Waals surface area contributed by atoms with Crippen molar-refractivity contribution in [2.45, 2.75) is 12.5 Å². The van der Waals surface area contributed by atoms with Crippen LogP contribution in [0.15, 0.2) is 24.3 Å². The van der Waals surface area contributed by atoms with E-state index in [9.17, 15) is 22.8 Å². The number of carbonyl (C=O) groups is 2. The molecule has 0 radical (unpaired) electrons. The van der Waals surface area contributed by atoms with Gasteiger partial charge < -0.3 is 10.1 Å². The Morgan fingerprint density at radius 1 is 1.22 bits per heavy atom. The van der Waals surface area contributed by atoms with Crippen LogP contribution in [0.3, 0.4) is 0 Å². The molecule has 0 spiro atoms. The molecule has 1 rings (SSSR count). The monoisotopic (exact) mass is 261 g/mol. The van der Waals surface area contributed by atoms with Crippen molar-refractivity contribution in [3.63, 3.8) is 0 Å². The van der Waals surface area contributed by atoms with Crippen LogP contribution in [0.1, 0.15) is 11.6 Å². The second-order valence-corrected chi connectivity index (χ2v) is 3.32. The topological polar surface area (TPSA) is 55.4 Å². The van der Waals surface area contributed by atoms with Gasteiger partial charge in [-0.1, -0.05) is 12.1 Å². The van der Waals surface area contributed by atoms with Crippen molar-refractivity contribution in [3.05, 3.63) is 35.6 Å². The van der Waals surface area contributed by atoms with Crippen LogP contribution < -0.4 is 5.32 Å². The largest absolute Gasteiger partial charge is 0.467 e. The third-order valence-electron chi connectivity index (χ3n) is 2.13. The van der Waals surface area contributed by atoms with Gasteiger partial charge in [0.1, 0.15) is 5.82 Å². The molecule has 0 saturated carbocycles. The number of hydrogen-bond donors (Lipinski definition) is 1. The molecule has 1 aromatic carbocycles. The highest BCUT2D eigenvalue weighted by molar-refractivity contribution is 5.86. The fourth-order valence-corrected chi connectivity index (χ4v) is 1.26. The van der Waals surface area contributed by atoms with Gasteiger partial charge in [-0.3, -0.25) is 4.79 Å². The van der Waals surface area contributed by atoms with E-state index >= 15 is 0 Å². The number of methoxy groups -OCH3 is 1. The summed E-state index contributed by atoms with van der Waals surface area (Å²) in [5, 5.41) is 1.82. The van der Waals surface area contributed by atoms with E-state index < -0.39 is 30.2 Å². The van der Waals surface area contributed by atoms with Crippen molar-refractivity contribution in [2.75, 3.05) is 7.11 Å². The molecule has 7 heteroatoms. The molecule has 1 aromatic rings. The molecule has 1 amide bonds. The van der Waals surface area contributed by atoms with E-state index in [1.165, 1.54) is 12.1 Å². The summed E-state index contributed by atoms with van der Waals surface area (Å²) in [5.41, 5.74) is 0.150. The Hall–Kier alpha value is -2.05. The first-order valence-electron chi connectivity index (χ1n) is 4.87. The number of hydrogen-bond acceptors (Lipinski definition) is 3. The van der Waals surface area contributed by atoms with Crippen LogP contribution in [0.4, 0.5) is 13.2 Å². The first-order chi connectivity index (χ1) is 8.45. The molecule has 98 valence electrons. The molecule has 0 fully saturated rings. The summed E-state index contributed by atoms with van der Waals surface area (Å²) in [6.07, 6.45) is -3.25. The van der Waals surface area contributed by atoms with Gasteiger partial charge in [0.2, 0.25) is 0 Å². The van der Waals surface area contributed by atoms with Gasteiger partial charge in [0.05, 0.1) is 7.11 Å². The lowest BCUT2D eigenvalue weighted by Gasteiger charge is -2.16. The number of ether oxygens (including phenoxy) is 1. The Morgan fingerprint density at radius 2 is 1.78 bits per heavy atom. The lowest BCUT2D eigenvalue weighted by atomic mass is 10.1. The summed E-state index contributed by atoms with van der Waals surface area (Å²) in [7, 11) is 1.05. The van der Waals surface area contributed by atoms with E-state index in [-0.39, 0.29) is 5.56 Å². The summed E-state index contributed by atoms with van der Waals surface area (Å²) >= 11 is 0. The molecule has 0 unspecified atom stereocenters. The first-order valence-corrected chi connectivity index (χ1v) is 4.87. The minimum Gasteiger partial charge on any atom is -0.467 e. The van der Waals surface area contributed by atoms with Crippen LogP contribution in [-0.2, 0) is 14.3 Å². The zero-order chi connectivity index (χ0) is 13.7. The lowest BCUT2D eigenvalue weighted by molar-refractivity contribution is -0.147. The molecule has 1 atom stereocenters. The van der Waals surface area contributed by atoms with Crippen LogP contribution in [0.25, 0.3) is 0 Å². The maximum absolute atomic E-state index is 12.7. The fourth-order valence-electron chi connectivity index (χ4n) is 1.26. The highest BCUT2D eigenvalue weighted by atomic mass is 19.3. The van der Waals surface area contributed by atoms with Gasteiger partial charge in [0.15, 0.2) is 6.04 Å². The number of esters is 1. The van der Waals surface area contributed by atoms with Gasteiger partial charge in [-0.25, -0.2) is 9.18 Å². The molecule has 0 aromatic heterocycles. The molecule has 0 bridgehead atoms. The summed E-state index contributed by atoms with van der Waals surface area (Å²) in [6.45, 7) is 0. The summed E-state index contributed by atoms with van der Waals surface area (Å²) in [4.78, 5) is 22.3. The van der Waals surface area contributed by atoms with E-state index in [1.807, 2.05) is 5.32 Å². The number of alkyl halides is 2. The summed E-state index contributed by atoms with van der Waals surface area (Å²) < 4.78 is 41.3. The van der Waals surface area contributed by atoms with Gasteiger partial charge in [-0.15, -0.1) is 0 Å². The van der Waals surface area contributed by atoms with Crippen molar-refractivity contribution in [3.8, 4) is 0 Å². The normalized spacial score (nSPS) is 12.1. The molecule has 0 heterocycles. The number of carbonyl (C=O) groups excluding carboxylic acids is 2. The van der Waals surface area contributed by atoms with Crippen LogP contribution in [0.5, 0.6) is 0 Å². The van der Waals surface area contributed by atoms with Crippen molar-refractivity contribution in [1.29, 1.82) is 0 Å². The Balaban J connectivity index is 2.95. The molecule has 1 N–H and O–H groups in total. The molecule has 18 heavy (non-hydrogen) atoms. The van der Waals surface area contributed by atoms with Crippen LogP contribution in [0, 0.1) is 5.82 Å². The molecule has 0 aliphatic rings. The molecule has 0 aliphatic carbocycles. The molecular weight excluding hydrogens is 251 g/mol. The number of rotatable bonds is 4. The molecule has 4 nitrogen and oxygen atoms in total. The van der Waals surface area contributed by atoms with Crippen LogP contribution in [-0.4, -0.2) is 25.4 Å². The first kappa shape index (κ1) is 14.0. The van der Waals surface area contributed by atoms with Gasteiger partial charge in [-0.2, -0.15) is 8.78 Å². The maximum atomic E-state index is 12.7. The Kier molecular flexibility index (Phi) is 4.70. The van der Waals surface area contributed by atoms with E-state index in [2.05, 4.69) is 4.74 Å². The van der Waals surface area contributed by atoms with Gasteiger partial charge in [0.25, 0.3) is 5.91 Å². The van der Waals surface area contributed by atoms with Gasteiger partial charge in [-0.05, 0) is 17.7 Å². The van der Waals surface area contributed by atoms with Gasteiger partial charge in [0, 0.05) is 0 Å². The second-order valence-electron chi connectivity index (χ2n) is 3.32. The second kappa shape index (κ2) is 6.04. The highest BCUT2D eigenvalue weighted by Gasteiger charge is 2.27. The zero-order valence-corrected chi connectivity index (χ0v) is 9.32. The lowest BCUT2D eigenvalue weighted by Crippen LogP contribution is -2.37. The minimum atomic E-state index is -3.25. The number of amides is 1. The Bertz CT molecular complexity index is 434. The smallest absolute Gasteiger partial charge is 0.333 e. The average molecular weight is 261 g/mol. The predicted molar refractivity (Wildman–Crippen MR) is 55.3 cm³/mol. The molecule has 0 aliphatic heterocycles. The fraction of sp³-hybridized carbons (Fsp3) is 0.273. The quantitative estimate of drug-likeness (QED) is 0.834. The van der Waals surface area contributed by atoms with Crippen molar-refractivity contribution in [2.24, 2.45) is 0 Å². The maximum Gasteiger partial charge on any atom is 0.333 e.